The zero-order valence-corrected chi connectivity index (χ0v) is 17.6. The average molecular weight is 453 g/mol. The van der Waals surface area contributed by atoms with Gasteiger partial charge in [0, 0.05) is 37.9 Å². The van der Waals surface area contributed by atoms with E-state index in [9.17, 15) is 26.4 Å². The van der Waals surface area contributed by atoms with Gasteiger partial charge in [-0.3, -0.25) is 4.79 Å². The van der Waals surface area contributed by atoms with E-state index < -0.39 is 21.8 Å². The predicted molar refractivity (Wildman–Crippen MR) is 112 cm³/mol. The van der Waals surface area contributed by atoms with Gasteiger partial charge < -0.3 is 9.80 Å². The number of piperazine rings is 1. The molecule has 0 atom stereocenters. The monoisotopic (exact) mass is 453 g/mol. The molecule has 1 heterocycles. The smallest absolute Gasteiger partial charge is 0.368 e. The number of hydrogen-bond donors (Lipinski definition) is 1. The zero-order chi connectivity index (χ0) is 22.6. The van der Waals surface area contributed by atoms with Crippen molar-refractivity contribution in [1.82, 2.24) is 9.62 Å². The molecule has 0 saturated carbocycles. The van der Waals surface area contributed by atoms with E-state index in [1.165, 1.54) is 31.3 Å². The fraction of sp³-hybridized carbons (Fsp3) is 0.286. The number of hydrogen-bond acceptors (Lipinski definition) is 4. The van der Waals surface area contributed by atoms with Crippen LogP contribution in [0.15, 0.2) is 59.5 Å². The Kier molecular flexibility index (Phi) is 6.71. The summed E-state index contributed by atoms with van der Waals surface area (Å²) in [5.74, 6) is -0.212. The van der Waals surface area contributed by atoms with Crippen molar-refractivity contribution < 1.29 is 26.4 Å². The van der Waals surface area contributed by atoms with Crippen molar-refractivity contribution in [2.24, 2.45) is 0 Å². The third kappa shape index (κ3) is 5.65. The first kappa shape index (κ1) is 22.8. The molecule has 10 heteroatoms. The minimum absolute atomic E-state index is 0.129. The number of amides is 1. The van der Waals surface area contributed by atoms with Gasteiger partial charge in [-0.1, -0.05) is 18.2 Å². The lowest BCUT2D eigenvalue weighted by Crippen LogP contribution is -2.48. The van der Waals surface area contributed by atoms with Gasteiger partial charge in [0.2, 0.25) is 15.9 Å². The molecule has 0 spiro atoms. The third-order valence-electron chi connectivity index (χ3n) is 5.01. The number of sulfonamides is 1. The van der Waals surface area contributed by atoms with Gasteiger partial charge >= 0.3 is 6.18 Å². The molecule has 6 nitrogen and oxygen atoms in total. The zero-order valence-electron chi connectivity index (χ0n) is 16.8. The average Bonchev–Trinajstić information content (AvgIpc) is 2.77. The SMILES string of the molecule is CNS(=O)(=O)c1ccc(/C=C/C(=O)N2CCN(c3cccc(C(F)(F)F)c3)CC2)cc1. The number of halogens is 3. The summed E-state index contributed by atoms with van der Waals surface area (Å²) in [5.41, 5.74) is 0.458. The minimum Gasteiger partial charge on any atom is -0.368 e. The van der Waals surface area contributed by atoms with E-state index in [0.29, 0.717) is 37.4 Å². The molecule has 0 aliphatic carbocycles. The highest BCUT2D eigenvalue weighted by Gasteiger charge is 2.31. The van der Waals surface area contributed by atoms with Crippen molar-refractivity contribution in [2.45, 2.75) is 11.1 Å². The second-order valence-electron chi connectivity index (χ2n) is 6.97. The highest BCUT2D eigenvalue weighted by molar-refractivity contribution is 7.89. The lowest BCUT2D eigenvalue weighted by atomic mass is 10.1. The Morgan fingerprint density at radius 1 is 1.03 bits per heavy atom. The molecule has 166 valence electrons. The van der Waals surface area contributed by atoms with Crippen LogP contribution in [0.3, 0.4) is 0 Å². The van der Waals surface area contributed by atoms with Gasteiger partial charge in [-0.05, 0) is 49.0 Å². The van der Waals surface area contributed by atoms with Gasteiger partial charge in [-0.2, -0.15) is 13.2 Å². The van der Waals surface area contributed by atoms with Crippen molar-refractivity contribution in [1.29, 1.82) is 0 Å². The summed E-state index contributed by atoms with van der Waals surface area (Å²) in [6.07, 6.45) is -1.40. The van der Waals surface area contributed by atoms with Crippen molar-refractivity contribution in [3.8, 4) is 0 Å². The van der Waals surface area contributed by atoms with E-state index in [4.69, 9.17) is 0 Å². The molecule has 3 rings (SSSR count). The number of benzene rings is 2. The van der Waals surface area contributed by atoms with Gasteiger partial charge in [0.1, 0.15) is 0 Å². The summed E-state index contributed by atoms with van der Waals surface area (Å²) in [6.45, 7) is 1.63. The molecule has 31 heavy (non-hydrogen) atoms. The van der Waals surface area contributed by atoms with Crippen LogP contribution in [0.5, 0.6) is 0 Å². The molecular formula is C21H22F3N3O3S. The number of carbonyl (C=O) groups excluding carboxylic acids is 1. The largest absolute Gasteiger partial charge is 0.416 e. The van der Waals surface area contributed by atoms with Gasteiger partial charge in [-0.25, -0.2) is 13.1 Å². The van der Waals surface area contributed by atoms with Crippen LogP contribution >= 0.6 is 0 Å². The second kappa shape index (κ2) is 9.11. The van der Waals surface area contributed by atoms with Crippen LogP contribution in [0.1, 0.15) is 11.1 Å². The lowest BCUT2D eigenvalue weighted by molar-refractivity contribution is -0.137. The van der Waals surface area contributed by atoms with Gasteiger partial charge in [0.25, 0.3) is 0 Å². The summed E-state index contributed by atoms with van der Waals surface area (Å²) in [4.78, 5) is 16.0. The summed E-state index contributed by atoms with van der Waals surface area (Å²) in [7, 11) is -2.19. The number of nitrogens with one attached hydrogen (secondary N) is 1. The molecule has 2 aromatic rings. The van der Waals surface area contributed by atoms with E-state index in [1.54, 1.807) is 29.2 Å². The molecule has 1 saturated heterocycles. The van der Waals surface area contributed by atoms with Gasteiger partial charge in [0.05, 0.1) is 10.5 Å². The summed E-state index contributed by atoms with van der Waals surface area (Å²) in [5, 5.41) is 0. The number of alkyl halides is 3. The van der Waals surface area contributed by atoms with Crippen molar-refractivity contribution in [3.05, 3.63) is 65.7 Å². The van der Waals surface area contributed by atoms with Crippen molar-refractivity contribution in [2.75, 3.05) is 38.1 Å². The van der Waals surface area contributed by atoms with E-state index in [1.807, 2.05) is 4.90 Å². The van der Waals surface area contributed by atoms with Crippen LogP contribution < -0.4 is 9.62 Å². The predicted octanol–water partition coefficient (Wildman–Crippen LogP) is 2.98. The molecule has 1 N–H and O–H groups in total. The maximum Gasteiger partial charge on any atom is 0.416 e. The lowest BCUT2D eigenvalue weighted by Gasteiger charge is -2.35. The first-order valence-electron chi connectivity index (χ1n) is 9.53. The second-order valence-corrected chi connectivity index (χ2v) is 8.86. The van der Waals surface area contributed by atoms with E-state index >= 15 is 0 Å². The number of rotatable bonds is 5. The third-order valence-corrected chi connectivity index (χ3v) is 6.44. The quantitative estimate of drug-likeness (QED) is 0.707. The summed E-state index contributed by atoms with van der Waals surface area (Å²) in [6, 6.07) is 11.3. The van der Waals surface area contributed by atoms with E-state index in [-0.39, 0.29) is 10.8 Å². The fourth-order valence-electron chi connectivity index (χ4n) is 3.21. The molecule has 1 amide bonds. The highest BCUT2D eigenvalue weighted by atomic mass is 32.2. The molecule has 2 aromatic carbocycles. The topological polar surface area (TPSA) is 69.7 Å². The first-order chi connectivity index (χ1) is 14.6. The van der Waals surface area contributed by atoms with Crippen molar-refractivity contribution >= 4 is 27.7 Å². The van der Waals surface area contributed by atoms with Crippen molar-refractivity contribution in [3.63, 3.8) is 0 Å². The number of carbonyl (C=O) groups is 1. The molecule has 0 radical (unpaired) electrons. The molecule has 0 unspecified atom stereocenters. The fourth-order valence-corrected chi connectivity index (χ4v) is 3.94. The standard InChI is InChI=1S/C21H22F3N3O3S/c1-25-31(29,30)19-8-5-16(6-9-19)7-10-20(28)27-13-11-26(12-14-27)18-4-2-3-17(15-18)21(22,23)24/h2-10,15,25H,11-14H2,1H3/b10-7+. The normalized spacial score (nSPS) is 15.5. The Bertz CT molecular complexity index is 1060. The van der Waals surface area contributed by atoms with E-state index in [0.717, 1.165) is 12.1 Å². The van der Waals surface area contributed by atoms with Crippen LogP contribution in [0.2, 0.25) is 0 Å². The van der Waals surface area contributed by atoms with E-state index in [2.05, 4.69) is 4.72 Å². The summed E-state index contributed by atoms with van der Waals surface area (Å²) >= 11 is 0. The molecule has 0 bridgehead atoms. The number of anilines is 1. The Balaban J connectivity index is 1.58. The highest BCUT2D eigenvalue weighted by Crippen LogP contribution is 2.31. The van der Waals surface area contributed by atoms with Crippen LogP contribution in [-0.4, -0.2) is 52.5 Å². The molecule has 1 aliphatic heterocycles. The molecule has 0 aromatic heterocycles. The van der Waals surface area contributed by atoms with Crippen LogP contribution in [0, 0.1) is 0 Å². The molecular weight excluding hydrogens is 431 g/mol. The van der Waals surface area contributed by atoms with Gasteiger partial charge in [0.15, 0.2) is 0 Å². The summed E-state index contributed by atoms with van der Waals surface area (Å²) < 4.78 is 64.4. The maximum atomic E-state index is 12.9. The Morgan fingerprint density at radius 3 is 2.26 bits per heavy atom. The minimum atomic E-state index is -4.39. The van der Waals surface area contributed by atoms with Gasteiger partial charge in [-0.15, -0.1) is 0 Å². The van der Waals surface area contributed by atoms with Crippen LogP contribution in [0.25, 0.3) is 6.08 Å². The van der Waals surface area contributed by atoms with Crippen LogP contribution in [0.4, 0.5) is 18.9 Å². The Labute approximate surface area is 179 Å². The molecule has 1 aliphatic rings. The first-order valence-corrected chi connectivity index (χ1v) is 11.0. The Hall–Kier alpha value is -2.85. The molecule has 1 fully saturated rings. The maximum absolute atomic E-state index is 12.9. The van der Waals surface area contributed by atoms with Crippen LogP contribution in [-0.2, 0) is 21.0 Å². The Morgan fingerprint density at radius 2 is 1.68 bits per heavy atom. The number of nitrogens with zero attached hydrogens (tertiary/aromatic N) is 2.